The van der Waals surface area contributed by atoms with Crippen LogP contribution >= 0.6 is 46.7 Å². The fraction of sp³-hybridized carbons (Fsp3) is 0.250. The smallest absolute Gasteiger partial charge is 0.356 e. The van der Waals surface area contributed by atoms with Crippen molar-refractivity contribution in [2.45, 2.75) is 21.7 Å². The van der Waals surface area contributed by atoms with E-state index in [9.17, 15) is 19.2 Å². The largest absolute Gasteiger partial charge is 0.448 e. The van der Waals surface area contributed by atoms with E-state index >= 15 is 0 Å². The van der Waals surface area contributed by atoms with Crippen LogP contribution in [0.25, 0.3) is 0 Å². The highest BCUT2D eigenvalue weighted by Crippen LogP contribution is 2.43. The van der Waals surface area contributed by atoms with Crippen molar-refractivity contribution in [3.63, 3.8) is 0 Å². The highest BCUT2D eigenvalue weighted by molar-refractivity contribution is 8.01. The summed E-state index contributed by atoms with van der Waals surface area (Å²) in [5, 5.41) is 9.27. The zero-order valence-corrected chi connectivity index (χ0v) is 25.8. The number of rotatable bonds is 12. The number of amides is 2. The normalized spacial score (nSPS) is 18.2. The molecule has 15 heteroatoms. The molecule has 0 bridgehead atoms. The van der Waals surface area contributed by atoms with Gasteiger partial charge in [0.15, 0.2) is 6.10 Å². The van der Waals surface area contributed by atoms with E-state index in [1.54, 1.807) is 6.20 Å². The molecule has 0 unspecified atom stereocenters. The maximum absolute atomic E-state index is 14.0. The van der Waals surface area contributed by atoms with E-state index in [1.165, 1.54) is 47.1 Å². The second-order valence-electron chi connectivity index (χ2n) is 9.12. The summed E-state index contributed by atoms with van der Waals surface area (Å²) in [4.78, 5) is 58.4. The van der Waals surface area contributed by atoms with Crippen molar-refractivity contribution >= 4 is 75.9 Å². The number of carbonyl (C=O) groups is 4. The Morgan fingerprint density at radius 2 is 1.81 bits per heavy atom. The Morgan fingerprint density at radius 1 is 1.14 bits per heavy atom. The third-order valence-corrected chi connectivity index (χ3v) is 9.97. The van der Waals surface area contributed by atoms with Gasteiger partial charge in [-0.2, -0.15) is 0 Å². The Balaban J connectivity index is 1.43. The first kappa shape index (κ1) is 30.7. The summed E-state index contributed by atoms with van der Waals surface area (Å²) in [6.07, 6.45) is 0.908. The lowest BCUT2D eigenvalue weighted by Crippen LogP contribution is -2.71. The average Bonchev–Trinajstić information content (AvgIpc) is 3.57. The molecule has 0 aliphatic carbocycles. The summed E-state index contributed by atoms with van der Waals surface area (Å²) in [5.74, 6) is -2.54. The fourth-order valence-electron chi connectivity index (χ4n) is 4.49. The van der Waals surface area contributed by atoms with Crippen LogP contribution in [0.3, 0.4) is 0 Å². The van der Waals surface area contributed by atoms with Gasteiger partial charge in [-0.05, 0) is 28.2 Å². The number of oxime groups is 1. The molecule has 0 spiro atoms. The molecule has 0 saturated carbocycles. The van der Waals surface area contributed by atoms with Gasteiger partial charge in [-0.1, -0.05) is 70.3 Å². The quantitative estimate of drug-likeness (QED) is 0.0586. The number of hydrogen-bond donors (Lipinski definition) is 1. The van der Waals surface area contributed by atoms with E-state index in [0.29, 0.717) is 17.1 Å². The Bertz CT molecular complexity index is 1520. The van der Waals surface area contributed by atoms with Crippen molar-refractivity contribution in [3.8, 4) is 0 Å². The number of ketones is 1. The van der Waals surface area contributed by atoms with Crippen LogP contribution in [0, 0.1) is 0 Å². The third kappa shape index (κ3) is 6.77. The van der Waals surface area contributed by atoms with Gasteiger partial charge in [0.05, 0.1) is 12.1 Å². The second-order valence-corrected chi connectivity index (χ2v) is 12.6. The summed E-state index contributed by atoms with van der Waals surface area (Å²) in [6.45, 7) is 0. The lowest BCUT2D eigenvalue weighted by molar-refractivity contribution is -0.154. The van der Waals surface area contributed by atoms with Crippen molar-refractivity contribution in [1.82, 2.24) is 19.8 Å². The minimum absolute atomic E-state index is 0.128. The molecular formula is C28H24ClN5O6S3. The molecule has 1 saturated heterocycles. The van der Waals surface area contributed by atoms with E-state index < -0.39 is 52.7 Å². The molecule has 3 aromatic rings. The molecule has 11 nitrogen and oxygen atoms in total. The standard InChI is InChI=1S/C28H24ClN5O6S3/c1-39-32-21(19(35)12-29)25(36)31-22-26(37)34-23(18(15-42-27(22)34)14-41-20-13-30-33-43-20)28(38)40-24(16-8-4-2-5-9-16)17-10-6-3-7-11-17/h2-11,13,22,24,27H,12,14-15H2,1H3,(H,31,36)/t22-,27+/m1/s1. The van der Waals surface area contributed by atoms with Gasteiger partial charge >= 0.3 is 5.97 Å². The van der Waals surface area contributed by atoms with E-state index in [-0.39, 0.29) is 5.70 Å². The molecule has 1 aromatic heterocycles. The molecule has 0 radical (unpaired) electrons. The highest BCUT2D eigenvalue weighted by Gasteiger charge is 2.55. The van der Waals surface area contributed by atoms with Crippen LogP contribution in [0.5, 0.6) is 0 Å². The summed E-state index contributed by atoms with van der Waals surface area (Å²) < 4.78 is 10.9. The first-order valence-electron chi connectivity index (χ1n) is 12.8. The Labute approximate surface area is 264 Å². The summed E-state index contributed by atoms with van der Waals surface area (Å²) >= 11 is 9.67. The number of β-lactam (4-membered cyclic amide) rings is 1. The minimum atomic E-state index is -1.01. The maximum atomic E-state index is 14.0. The maximum Gasteiger partial charge on any atom is 0.356 e. The van der Waals surface area contributed by atoms with Gasteiger partial charge in [0.1, 0.15) is 28.4 Å². The molecule has 3 heterocycles. The Kier molecular flexibility index (Phi) is 10.1. The number of ether oxygens (including phenoxy) is 1. The predicted octanol–water partition coefficient (Wildman–Crippen LogP) is 3.43. The van der Waals surface area contributed by atoms with Crippen LogP contribution in [0.2, 0.25) is 0 Å². The first-order chi connectivity index (χ1) is 20.9. The lowest BCUT2D eigenvalue weighted by atomic mass is 10.0. The summed E-state index contributed by atoms with van der Waals surface area (Å²) in [7, 11) is 1.19. The molecular weight excluding hydrogens is 634 g/mol. The number of fused-ring (bicyclic) bond motifs is 1. The fourth-order valence-corrected chi connectivity index (χ4v) is 7.53. The van der Waals surface area contributed by atoms with Crippen molar-refractivity contribution in [2.24, 2.45) is 5.16 Å². The number of aromatic nitrogens is 2. The van der Waals surface area contributed by atoms with Crippen LogP contribution in [0.4, 0.5) is 0 Å². The topological polar surface area (TPSA) is 140 Å². The van der Waals surface area contributed by atoms with E-state index in [1.807, 2.05) is 60.7 Å². The van der Waals surface area contributed by atoms with E-state index in [2.05, 4.69) is 24.9 Å². The molecule has 1 fully saturated rings. The molecule has 222 valence electrons. The number of alkyl halides is 1. The van der Waals surface area contributed by atoms with Gasteiger partial charge in [0, 0.05) is 11.5 Å². The molecule has 2 atom stereocenters. The zero-order chi connectivity index (χ0) is 30.3. The molecule has 5 rings (SSSR count). The summed E-state index contributed by atoms with van der Waals surface area (Å²) in [6, 6.07) is 17.7. The monoisotopic (exact) mass is 657 g/mol. The van der Waals surface area contributed by atoms with Gasteiger partial charge in [-0.25, -0.2) is 4.79 Å². The van der Waals surface area contributed by atoms with Gasteiger partial charge in [-0.3, -0.25) is 19.3 Å². The molecule has 43 heavy (non-hydrogen) atoms. The van der Waals surface area contributed by atoms with Crippen molar-refractivity contribution in [3.05, 3.63) is 89.3 Å². The first-order valence-corrected chi connectivity index (χ1v) is 16.2. The number of esters is 1. The van der Waals surface area contributed by atoms with E-state index in [0.717, 1.165) is 15.3 Å². The number of Topliss-reactive ketones (excluding diaryl/α,β-unsaturated/α-hetero) is 1. The van der Waals surface area contributed by atoms with Gasteiger partial charge in [0.25, 0.3) is 11.8 Å². The van der Waals surface area contributed by atoms with Crippen LogP contribution in [0.15, 0.2) is 87.5 Å². The molecule has 1 N–H and O–H groups in total. The van der Waals surface area contributed by atoms with Gasteiger partial charge < -0.3 is 14.9 Å². The molecule has 2 amide bonds. The van der Waals surface area contributed by atoms with Crippen LogP contribution in [0.1, 0.15) is 17.2 Å². The van der Waals surface area contributed by atoms with Crippen molar-refractivity contribution < 1.29 is 28.8 Å². The van der Waals surface area contributed by atoms with Crippen LogP contribution < -0.4 is 5.32 Å². The highest BCUT2D eigenvalue weighted by atomic mass is 35.5. The van der Waals surface area contributed by atoms with E-state index in [4.69, 9.17) is 16.3 Å². The SMILES string of the molecule is CON=C(C(=O)CCl)C(=O)N[C@@H]1C(=O)N2C(C(=O)OC(c3ccccc3)c3ccccc3)=C(CSc3cnns3)CS[C@@H]12. The molecule has 2 aliphatic heterocycles. The number of thioether (sulfide) groups is 2. The third-order valence-electron chi connectivity index (χ3n) is 6.47. The van der Waals surface area contributed by atoms with Gasteiger partial charge in [-0.15, -0.1) is 40.2 Å². The lowest BCUT2D eigenvalue weighted by Gasteiger charge is -2.49. The number of nitrogens with one attached hydrogen (secondary N) is 1. The average molecular weight is 658 g/mol. The minimum Gasteiger partial charge on any atom is -0.448 e. The van der Waals surface area contributed by atoms with Crippen molar-refractivity contribution in [1.29, 1.82) is 0 Å². The molecule has 2 aliphatic rings. The number of nitrogens with zero attached hydrogens (tertiary/aromatic N) is 4. The number of hydrogen-bond acceptors (Lipinski definition) is 12. The van der Waals surface area contributed by atoms with Crippen LogP contribution in [-0.2, 0) is 28.8 Å². The van der Waals surface area contributed by atoms with Gasteiger partial charge in [0.2, 0.25) is 11.5 Å². The number of halogens is 1. The van der Waals surface area contributed by atoms with Crippen molar-refractivity contribution in [2.75, 3.05) is 24.5 Å². The second kappa shape index (κ2) is 14.2. The Morgan fingerprint density at radius 3 is 2.40 bits per heavy atom. The summed E-state index contributed by atoms with van der Waals surface area (Å²) in [5.41, 5.74) is 1.81. The predicted molar refractivity (Wildman–Crippen MR) is 164 cm³/mol. The Hall–Kier alpha value is -3.72. The molecule has 2 aromatic carbocycles. The number of carbonyl (C=O) groups excluding carboxylic acids is 4. The number of benzene rings is 2. The van der Waals surface area contributed by atoms with Crippen LogP contribution in [-0.4, -0.2) is 79.7 Å². The zero-order valence-electron chi connectivity index (χ0n) is 22.5.